The third-order valence-corrected chi connectivity index (χ3v) is 4.59. The van der Waals surface area contributed by atoms with Gasteiger partial charge in [-0.3, -0.25) is 4.79 Å². The molecule has 0 bridgehead atoms. The fourth-order valence-corrected chi connectivity index (χ4v) is 2.87. The van der Waals surface area contributed by atoms with E-state index >= 15 is 0 Å². The Bertz CT molecular complexity index is 385. The van der Waals surface area contributed by atoms with Gasteiger partial charge in [-0.15, -0.1) is 0 Å². The molecule has 0 rings (SSSR count). The molecule has 0 aliphatic carbocycles. The summed E-state index contributed by atoms with van der Waals surface area (Å²) in [6.07, 6.45) is 11.1. The van der Waals surface area contributed by atoms with Crippen LogP contribution in [-0.2, 0) is 9.59 Å². The van der Waals surface area contributed by atoms with Crippen LogP contribution in [-0.4, -0.2) is 61.5 Å². The summed E-state index contributed by atoms with van der Waals surface area (Å²) in [5, 5.41) is 11.1. The second kappa shape index (κ2) is 13.0. The molecule has 0 aromatic heterocycles. The lowest BCUT2D eigenvalue weighted by Crippen LogP contribution is -2.54. The first-order valence-electron chi connectivity index (χ1n) is 9.25. The molecule has 0 aliphatic heterocycles. The Morgan fingerprint density at radius 1 is 1.04 bits per heavy atom. The van der Waals surface area contributed by atoms with E-state index in [1.165, 1.54) is 44.6 Å². The Morgan fingerprint density at radius 3 is 2.08 bits per heavy atom. The average Bonchev–Trinajstić information content (AvgIpc) is 2.53. The largest absolute Gasteiger partial charge is 0.544 e. The van der Waals surface area contributed by atoms with Crippen LogP contribution >= 0.6 is 0 Å². The molecule has 1 atom stereocenters. The average molecular weight is 341 g/mol. The minimum Gasteiger partial charge on any atom is -0.544 e. The summed E-state index contributed by atoms with van der Waals surface area (Å²) >= 11 is 0. The number of nitrogens with zero attached hydrogens (tertiary/aromatic N) is 2. The molecule has 0 radical (unpaired) electrons. The molecule has 0 aromatic carbocycles. The summed E-state index contributed by atoms with van der Waals surface area (Å²) in [7, 11) is 3.65. The third kappa shape index (κ3) is 11.2. The summed E-state index contributed by atoms with van der Waals surface area (Å²) in [4.78, 5) is 24.2. The van der Waals surface area contributed by atoms with Crippen molar-refractivity contribution in [3.8, 4) is 0 Å². The zero-order chi connectivity index (χ0) is 18.4. The van der Waals surface area contributed by atoms with Crippen LogP contribution in [0.15, 0.2) is 12.7 Å². The van der Waals surface area contributed by atoms with Crippen molar-refractivity contribution in [1.82, 2.24) is 4.90 Å². The number of carboxylic acids is 1. The first-order chi connectivity index (χ1) is 11.3. The van der Waals surface area contributed by atoms with E-state index in [0.717, 1.165) is 19.4 Å². The summed E-state index contributed by atoms with van der Waals surface area (Å²) < 4.78 is 0.410. The van der Waals surface area contributed by atoms with Crippen LogP contribution < -0.4 is 5.11 Å². The first kappa shape index (κ1) is 22.6. The van der Waals surface area contributed by atoms with Gasteiger partial charge in [0.1, 0.15) is 6.54 Å². The van der Waals surface area contributed by atoms with E-state index in [4.69, 9.17) is 0 Å². The monoisotopic (exact) mass is 340 g/mol. The number of amides is 1. The van der Waals surface area contributed by atoms with Gasteiger partial charge in [0.15, 0.2) is 0 Å². The highest BCUT2D eigenvalue weighted by Crippen LogP contribution is 2.11. The molecule has 1 unspecified atom stereocenters. The molecule has 0 aromatic rings. The van der Waals surface area contributed by atoms with Gasteiger partial charge in [0.05, 0.1) is 32.7 Å². The van der Waals surface area contributed by atoms with Crippen LogP contribution in [0, 0.1) is 0 Å². The summed E-state index contributed by atoms with van der Waals surface area (Å²) in [6, 6.07) is 0. The summed E-state index contributed by atoms with van der Waals surface area (Å²) in [6.45, 7) is 7.62. The van der Waals surface area contributed by atoms with Crippen molar-refractivity contribution >= 4 is 11.9 Å². The van der Waals surface area contributed by atoms with Crippen molar-refractivity contribution in [1.29, 1.82) is 0 Å². The molecule has 5 heteroatoms. The van der Waals surface area contributed by atoms with Crippen molar-refractivity contribution in [3.63, 3.8) is 0 Å². The van der Waals surface area contributed by atoms with Crippen molar-refractivity contribution in [2.24, 2.45) is 0 Å². The van der Waals surface area contributed by atoms with Gasteiger partial charge in [0, 0.05) is 7.05 Å². The maximum Gasteiger partial charge on any atom is 0.245 e. The second-order valence-electron chi connectivity index (χ2n) is 7.04. The second-order valence-corrected chi connectivity index (χ2v) is 7.04. The fourth-order valence-electron chi connectivity index (χ4n) is 2.87. The number of hydrogen-bond acceptors (Lipinski definition) is 3. The number of rotatable bonds is 15. The van der Waals surface area contributed by atoms with Gasteiger partial charge in [0.2, 0.25) is 5.91 Å². The molecule has 0 spiro atoms. The standard InChI is InChI=1S/C19H36N2O3/c1-5-7-8-9-10-11-12-13-15-21(4,17-19(23)24)16-14-20(3)18(22)6-2/h6H,2,5,7-17H2,1,3-4H3. The van der Waals surface area contributed by atoms with Crippen LogP contribution in [0.5, 0.6) is 0 Å². The Morgan fingerprint density at radius 2 is 1.58 bits per heavy atom. The van der Waals surface area contributed by atoms with Gasteiger partial charge in [-0.25, -0.2) is 0 Å². The number of hydrogen-bond donors (Lipinski definition) is 0. The lowest BCUT2D eigenvalue weighted by molar-refractivity contribution is -0.903. The maximum absolute atomic E-state index is 11.5. The summed E-state index contributed by atoms with van der Waals surface area (Å²) in [5.41, 5.74) is 0. The number of unbranched alkanes of at least 4 members (excludes halogenated alkanes) is 7. The lowest BCUT2D eigenvalue weighted by atomic mass is 10.1. The molecule has 24 heavy (non-hydrogen) atoms. The van der Waals surface area contributed by atoms with Gasteiger partial charge < -0.3 is 19.3 Å². The molecule has 1 amide bonds. The number of aliphatic carboxylic acids is 1. The van der Waals surface area contributed by atoms with Gasteiger partial charge in [-0.2, -0.15) is 0 Å². The molecule has 0 saturated carbocycles. The van der Waals surface area contributed by atoms with Crippen LogP contribution in [0.1, 0.15) is 58.3 Å². The van der Waals surface area contributed by atoms with Gasteiger partial charge in [0.25, 0.3) is 0 Å². The molecule has 0 saturated heterocycles. The third-order valence-electron chi connectivity index (χ3n) is 4.59. The van der Waals surface area contributed by atoms with Gasteiger partial charge in [-0.1, -0.05) is 52.0 Å². The molecule has 0 fully saturated rings. The van der Waals surface area contributed by atoms with E-state index in [2.05, 4.69) is 13.5 Å². The zero-order valence-corrected chi connectivity index (χ0v) is 15.9. The van der Waals surface area contributed by atoms with Crippen LogP contribution in [0.3, 0.4) is 0 Å². The van der Waals surface area contributed by atoms with E-state index in [1.54, 1.807) is 11.9 Å². The summed E-state index contributed by atoms with van der Waals surface area (Å²) in [5.74, 6) is -1.17. The van der Waals surface area contributed by atoms with E-state index in [0.29, 0.717) is 17.6 Å². The zero-order valence-electron chi connectivity index (χ0n) is 15.9. The number of quaternary nitrogens is 1. The van der Waals surface area contributed by atoms with E-state index in [1.807, 2.05) is 7.05 Å². The number of carboxylic acid groups (broad SMARTS) is 1. The van der Waals surface area contributed by atoms with Gasteiger partial charge >= 0.3 is 0 Å². The van der Waals surface area contributed by atoms with Crippen molar-refractivity contribution in [3.05, 3.63) is 12.7 Å². The number of likely N-dealkylation sites (N-methyl/N-ethyl adjacent to an activating group) is 2. The Labute approximate surface area is 147 Å². The van der Waals surface area contributed by atoms with Gasteiger partial charge in [-0.05, 0) is 18.9 Å². The number of carbonyl (C=O) groups excluding carboxylic acids is 2. The highest BCUT2D eigenvalue weighted by Gasteiger charge is 2.22. The molecule has 0 aliphatic rings. The predicted octanol–water partition coefficient (Wildman–Crippen LogP) is 1.97. The minimum atomic E-state index is -1.03. The van der Waals surface area contributed by atoms with E-state index in [9.17, 15) is 14.7 Å². The van der Waals surface area contributed by atoms with Crippen LogP contribution in [0.4, 0.5) is 0 Å². The fraction of sp³-hybridized carbons (Fsp3) is 0.789. The Kier molecular flexibility index (Phi) is 12.3. The molecule has 0 N–H and O–H groups in total. The molecule has 140 valence electrons. The SMILES string of the molecule is C=CC(=O)N(C)CC[N+](C)(CCCCCCCCCC)CC(=O)[O-]. The van der Waals surface area contributed by atoms with Crippen LogP contribution in [0.25, 0.3) is 0 Å². The molecule has 5 nitrogen and oxygen atoms in total. The van der Waals surface area contributed by atoms with E-state index < -0.39 is 5.97 Å². The minimum absolute atomic E-state index is 0.00732. The lowest BCUT2D eigenvalue weighted by Gasteiger charge is -2.36. The molecular weight excluding hydrogens is 304 g/mol. The Hall–Kier alpha value is -1.36. The molecule has 0 heterocycles. The normalized spacial score (nSPS) is 13.3. The first-order valence-corrected chi connectivity index (χ1v) is 9.25. The van der Waals surface area contributed by atoms with E-state index in [-0.39, 0.29) is 12.5 Å². The van der Waals surface area contributed by atoms with Crippen molar-refractivity contribution in [2.75, 3.05) is 40.3 Å². The maximum atomic E-state index is 11.5. The topological polar surface area (TPSA) is 60.4 Å². The number of carbonyl (C=O) groups is 2. The van der Waals surface area contributed by atoms with Crippen LogP contribution in [0.2, 0.25) is 0 Å². The highest BCUT2D eigenvalue weighted by molar-refractivity contribution is 5.86. The van der Waals surface area contributed by atoms with Crippen molar-refractivity contribution < 1.29 is 19.2 Å². The smallest absolute Gasteiger partial charge is 0.245 e. The quantitative estimate of drug-likeness (QED) is 0.260. The predicted molar refractivity (Wildman–Crippen MR) is 96.2 cm³/mol. The molecular formula is C19H36N2O3. The highest BCUT2D eigenvalue weighted by atomic mass is 16.4. The van der Waals surface area contributed by atoms with Crippen molar-refractivity contribution in [2.45, 2.75) is 58.3 Å². The Balaban J connectivity index is 4.17.